The molecule has 3 aromatic rings. The number of aliphatic imine (C=N–C) groups is 1. The number of H-pyrrole nitrogens is 1. The Balaban J connectivity index is 0.00000341. The van der Waals surface area contributed by atoms with Crippen LogP contribution in [0.25, 0.3) is 10.9 Å². The van der Waals surface area contributed by atoms with Crippen molar-refractivity contribution in [1.29, 1.82) is 0 Å². The predicted octanol–water partition coefficient (Wildman–Crippen LogP) is 3.75. The van der Waals surface area contributed by atoms with Crippen LogP contribution in [0.3, 0.4) is 0 Å². The Morgan fingerprint density at radius 2 is 1.77 bits per heavy atom. The minimum Gasteiger partial charge on any atom is -0.361 e. The van der Waals surface area contributed by atoms with E-state index in [0.29, 0.717) is 5.56 Å². The van der Waals surface area contributed by atoms with Crippen molar-refractivity contribution in [3.8, 4) is 0 Å². The van der Waals surface area contributed by atoms with E-state index in [2.05, 4.69) is 51.9 Å². The van der Waals surface area contributed by atoms with Gasteiger partial charge in [0.15, 0.2) is 5.96 Å². The molecule has 166 valence electrons. The number of hydrogen-bond acceptors (Lipinski definition) is 2. The second-order valence-electron chi connectivity index (χ2n) is 7.64. The summed E-state index contributed by atoms with van der Waals surface area (Å²) in [6, 6.07) is 14.2. The lowest BCUT2D eigenvalue weighted by Crippen LogP contribution is -2.39. The van der Waals surface area contributed by atoms with Gasteiger partial charge in [-0.15, -0.1) is 24.0 Å². The van der Waals surface area contributed by atoms with Gasteiger partial charge in [0.05, 0.1) is 0 Å². The monoisotopic (exact) mass is 533 g/mol. The number of amides is 1. The van der Waals surface area contributed by atoms with Gasteiger partial charge in [0.25, 0.3) is 5.91 Å². The van der Waals surface area contributed by atoms with E-state index in [0.717, 1.165) is 37.5 Å². The van der Waals surface area contributed by atoms with Gasteiger partial charge in [0.1, 0.15) is 0 Å². The highest BCUT2D eigenvalue weighted by Gasteiger charge is 2.08. The number of nitrogens with zero attached hydrogens (tertiary/aromatic N) is 2. The van der Waals surface area contributed by atoms with Gasteiger partial charge in [-0.2, -0.15) is 0 Å². The molecule has 7 heteroatoms. The van der Waals surface area contributed by atoms with Crippen LogP contribution in [0.4, 0.5) is 0 Å². The van der Waals surface area contributed by atoms with E-state index < -0.39 is 0 Å². The highest BCUT2D eigenvalue weighted by Crippen LogP contribution is 2.21. The van der Waals surface area contributed by atoms with Crippen molar-refractivity contribution in [2.24, 2.45) is 4.99 Å². The van der Waals surface area contributed by atoms with E-state index in [-0.39, 0.29) is 29.9 Å². The Morgan fingerprint density at radius 1 is 1.06 bits per heavy atom. The van der Waals surface area contributed by atoms with Crippen molar-refractivity contribution in [3.63, 3.8) is 0 Å². The third-order valence-corrected chi connectivity index (χ3v) is 5.21. The van der Waals surface area contributed by atoms with E-state index in [1.165, 1.54) is 22.0 Å². The third-order valence-electron chi connectivity index (χ3n) is 5.21. The van der Waals surface area contributed by atoms with Crippen LogP contribution >= 0.6 is 24.0 Å². The number of guanidine groups is 1. The van der Waals surface area contributed by atoms with Crippen molar-refractivity contribution >= 4 is 46.7 Å². The molecule has 3 N–H and O–H groups in total. The molecule has 0 spiro atoms. The number of carbonyl (C=O) groups is 1. The highest BCUT2D eigenvalue weighted by atomic mass is 127. The molecule has 0 atom stereocenters. The highest BCUT2D eigenvalue weighted by molar-refractivity contribution is 14.0. The van der Waals surface area contributed by atoms with Crippen LogP contribution in [-0.4, -0.2) is 56.0 Å². The van der Waals surface area contributed by atoms with Crippen LogP contribution in [0.15, 0.2) is 53.7 Å². The summed E-state index contributed by atoms with van der Waals surface area (Å²) in [6.07, 6.45) is 3.83. The summed E-state index contributed by atoms with van der Waals surface area (Å²) in [5, 5.41) is 8.02. The molecule has 0 saturated heterocycles. The zero-order chi connectivity index (χ0) is 21.5. The van der Waals surface area contributed by atoms with Crippen molar-refractivity contribution in [2.45, 2.75) is 19.8 Å². The summed E-state index contributed by atoms with van der Waals surface area (Å²) in [5.74, 6) is 0.807. The molecule has 0 unspecified atom stereocenters. The smallest absolute Gasteiger partial charge is 0.253 e. The molecule has 0 fully saturated rings. The molecule has 0 saturated carbocycles. The molecular weight excluding hydrogens is 501 g/mol. The second-order valence-corrected chi connectivity index (χ2v) is 7.64. The van der Waals surface area contributed by atoms with Crippen LogP contribution in [0.1, 0.15) is 27.0 Å². The molecule has 0 aliphatic carbocycles. The fourth-order valence-corrected chi connectivity index (χ4v) is 3.55. The molecule has 31 heavy (non-hydrogen) atoms. The molecule has 1 aromatic heterocycles. The summed E-state index contributed by atoms with van der Waals surface area (Å²) < 4.78 is 0. The number of rotatable bonds is 7. The molecule has 3 rings (SSSR count). The van der Waals surface area contributed by atoms with Crippen molar-refractivity contribution in [3.05, 3.63) is 70.9 Å². The van der Waals surface area contributed by atoms with Gasteiger partial charge in [-0.05, 0) is 48.6 Å². The Kier molecular flexibility index (Phi) is 9.36. The fraction of sp³-hybridized carbons (Fsp3) is 0.333. The average molecular weight is 533 g/mol. The Morgan fingerprint density at radius 3 is 2.48 bits per heavy atom. The maximum Gasteiger partial charge on any atom is 0.253 e. The number of aromatic nitrogens is 1. The lowest BCUT2D eigenvalue weighted by molar-refractivity contribution is 0.0827. The second kappa shape index (κ2) is 11.7. The zero-order valence-corrected chi connectivity index (χ0v) is 21.0. The first kappa shape index (κ1) is 24.7. The van der Waals surface area contributed by atoms with E-state index in [4.69, 9.17) is 0 Å². The average Bonchev–Trinajstić information content (AvgIpc) is 3.16. The zero-order valence-electron chi connectivity index (χ0n) is 18.7. The third kappa shape index (κ3) is 6.46. The van der Waals surface area contributed by atoms with Crippen LogP contribution in [0.5, 0.6) is 0 Å². The van der Waals surface area contributed by atoms with E-state index in [1.807, 2.05) is 24.3 Å². The summed E-state index contributed by atoms with van der Waals surface area (Å²) in [5.41, 5.74) is 5.62. The number of aromatic amines is 1. The predicted molar refractivity (Wildman–Crippen MR) is 140 cm³/mol. The number of aryl methyl sites for hydroxylation is 1. The minimum atomic E-state index is 0. The first-order valence-electron chi connectivity index (χ1n) is 10.3. The fourth-order valence-electron chi connectivity index (χ4n) is 3.55. The molecule has 1 heterocycles. The Bertz CT molecular complexity index is 1040. The van der Waals surface area contributed by atoms with Gasteiger partial charge in [0, 0.05) is 56.9 Å². The number of hydrogen-bond donors (Lipinski definition) is 3. The van der Waals surface area contributed by atoms with Crippen molar-refractivity contribution in [1.82, 2.24) is 20.5 Å². The molecule has 0 radical (unpaired) electrons. The van der Waals surface area contributed by atoms with Gasteiger partial charge in [-0.3, -0.25) is 9.79 Å². The molecule has 1 amide bonds. The number of carbonyl (C=O) groups excluding carboxylic acids is 1. The first-order valence-corrected chi connectivity index (χ1v) is 10.3. The number of para-hydroxylation sites is 1. The maximum absolute atomic E-state index is 12.1. The summed E-state index contributed by atoms with van der Waals surface area (Å²) in [4.78, 5) is 21.4. The van der Waals surface area contributed by atoms with Crippen LogP contribution in [0, 0.1) is 6.92 Å². The molecule has 2 aromatic carbocycles. The lowest BCUT2D eigenvalue weighted by Gasteiger charge is -2.13. The Labute approximate surface area is 201 Å². The number of nitrogens with one attached hydrogen (secondary N) is 3. The quantitative estimate of drug-likeness (QED) is 0.246. The molecule has 0 aliphatic rings. The standard InChI is InChI=1S/C24H31N5O.HI/c1-17-7-5-10-21-20(16-28-22(17)21)12-14-27-24(25-2)26-13-11-18-8-6-9-19(15-18)23(30)29(3)4;/h5-10,15-16,28H,11-14H2,1-4H3,(H2,25,26,27);1H. The van der Waals surface area contributed by atoms with Crippen LogP contribution in [-0.2, 0) is 12.8 Å². The maximum atomic E-state index is 12.1. The topological polar surface area (TPSA) is 72.5 Å². The van der Waals surface area contributed by atoms with Crippen molar-refractivity contribution < 1.29 is 4.79 Å². The summed E-state index contributed by atoms with van der Waals surface area (Å²) >= 11 is 0. The van der Waals surface area contributed by atoms with Gasteiger partial charge in [-0.25, -0.2) is 0 Å². The first-order chi connectivity index (χ1) is 14.5. The number of fused-ring (bicyclic) bond motifs is 1. The summed E-state index contributed by atoms with van der Waals surface area (Å²) in [7, 11) is 5.31. The summed E-state index contributed by atoms with van der Waals surface area (Å²) in [6.45, 7) is 3.66. The van der Waals surface area contributed by atoms with Gasteiger partial charge in [0.2, 0.25) is 0 Å². The largest absolute Gasteiger partial charge is 0.361 e. The lowest BCUT2D eigenvalue weighted by atomic mass is 10.1. The molecule has 0 aliphatic heterocycles. The van der Waals surface area contributed by atoms with E-state index in [9.17, 15) is 4.79 Å². The Hall–Kier alpha value is -2.55. The van der Waals surface area contributed by atoms with Crippen LogP contribution < -0.4 is 10.6 Å². The number of benzene rings is 2. The SMILES string of the molecule is CN=C(NCCc1cccc(C(=O)N(C)C)c1)NCCc1c[nH]c2c(C)cccc12.I. The van der Waals surface area contributed by atoms with Gasteiger partial charge >= 0.3 is 0 Å². The van der Waals surface area contributed by atoms with Crippen molar-refractivity contribution in [2.75, 3.05) is 34.2 Å². The van der Waals surface area contributed by atoms with Crippen LogP contribution in [0.2, 0.25) is 0 Å². The molecular formula is C24H32IN5O. The number of halogens is 1. The van der Waals surface area contributed by atoms with Gasteiger partial charge < -0.3 is 20.5 Å². The molecule has 6 nitrogen and oxygen atoms in total. The van der Waals surface area contributed by atoms with E-state index >= 15 is 0 Å². The van der Waals surface area contributed by atoms with E-state index in [1.54, 1.807) is 26.0 Å². The normalized spacial score (nSPS) is 11.2. The minimum absolute atomic E-state index is 0. The molecule has 0 bridgehead atoms. The van der Waals surface area contributed by atoms with Gasteiger partial charge in [-0.1, -0.05) is 30.3 Å².